The SMILES string of the molecule is O=C(CCCN1C(=CC=CC=CC=Cc2sc3ccc(Cl)cc3[n+]2CCC[n+]2ccccc2)Sc2ccc(Cl)cc21)Nc1ccc(S(=O)(=O)[O-])cc1S(=O)(=O)[O-]. The number of carbonyl (C=O) groups is 1. The molecule has 1 amide bonds. The molecule has 1 N–H and O–H groups in total. The Bertz CT molecular complexity index is 2610. The lowest BCUT2D eigenvalue weighted by molar-refractivity contribution is -0.716. The van der Waals surface area contributed by atoms with Gasteiger partial charge in [-0.1, -0.05) is 82.7 Å². The van der Waals surface area contributed by atoms with E-state index in [4.69, 9.17) is 23.2 Å². The third-order valence-corrected chi connectivity index (χ3v) is 12.9. The number of allylic oxidation sites excluding steroid dienone is 6. The number of halogens is 2. The average Bonchev–Trinajstić information content (AvgIpc) is 3.67. The van der Waals surface area contributed by atoms with Crippen molar-refractivity contribution in [2.45, 2.75) is 47.0 Å². The summed E-state index contributed by atoms with van der Waals surface area (Å²) < 4.78 is 75.0. The lowest BCUT2D eigenvalue weighted by atomic mass is 10.2. The molecule has 3 aromatic carbocycles. The first-order valence-corrected chi connectivity index (χ1v) is 22.4. The number of aryl methyl sites for hydroxylation is 2. The zero-order chi connectivity index (χ0) is 39.9. The van der Waals surface area contributed by atoms with Crippen LogP contribution in [-0.2, 0) is 38.1 Å². The van der Waals surface area contributed by atoms with Crippen molar-refractivity contribution < 1.29 is 39.9 Å². The minimum Gasteiger partial charge on any atom is -0.744 e. The van der Waals surface area contributed by atoms with Gasteiger partial charge in [0.05, 0.1) is 32.6 Å². The second-order valence-corrected chi connectivity index (χ2v) is 18.1. The summed E-state index contributed by atoms with van der Waals surface area (Å²) in [6.45, 7) is 2.13. The summed E-state index contributed by atoms with van der Waals surface area (Å²) in [7, 11) is -10.2. The number of hydrogen-bond acceptors (Lipinski definition) is 10. The van der Waals surface area contributed by atoms with E-state index in [2.05, 4.69) is 39.0 Å². The van der Waals surface area contributed by atoms with Gasteiger partial charge in [-0.2, -0.15) is 4.57 Å². The summed E-state index contributed by atoms with van der Waals surface area (Å²) in [5.41, 5.74) is 1.56. The first-order chi connectivity index (χ1) is 26.8. The molecule has 1 aliphatic rings. The highest BCUT2D eigenvalue weighted by molar-refractivity contribution is 8.03. The van der Waals surface area contributed by atoms with E-state index in [9.17, 15) is 30.7 Å². The molecule has 11 nitrogen and oxygen atoms in total. The van der Waals surface area contributed by atoms with Crippen molar-refractivity contribution in [2.75, 3.05) is 16.8 Å². The number of nitrogens with zero attached hydrogens (tertiary/aromatic N) is 3. The molecule has 0 fully saturated rings. The highest BCUT2D eigenvalue weighted by atomic mass is 35.5. The third-order valence-electron chi connectivity index (χ3n) is 8.45. The van der Waals surface area contributed by atoms with Crippen molar-refractivity contribution in [3.05, 3.63) is 142 Å². The van der Waals surface area contributed by atoms with E-state index in [0.717, 1.165) is 62.5 Å². The largest absolute Gasteiger partial charge is 0.744 e. The van der Waals surface area contributed by atoms with Crippen molar-refractivity contribution >= 4 is 100 Å². The molecule has 6 rings (SSSR count). The molecule has 0 radical (unpaired) electrons. The van der Waals surface area contributed by atoms with Gasteiger partial charge in [-0.05, 0) is 61.0 Å². The molecule has 56 heavy (non-hydrogen) atoms. The minimum atomic E-state index is -5.21. The van der Waals surface area contributed by atoms with Crippen molar-refractivity contribution in [3.8, 4) is 0 Å². The lowest BCUT2D eigenvalue weighted by Gasteiger charge is -2.20. The number of pyridine rings is 1. The molecular weight excluding hydrogens is 836 g/mol. The Labute approximate surface area is 343 Å². The van der Waals surface area contributed by atoms with Gasteiger partial charge in [-0.25, -0.2) is 21.4 Å². The Morgan fingerprint density at radius 2 is 1.55 bits per heavy atom. The van der Waals surface area contributed by atoms with Crippen LogP contribution in [0.4, 0.5) is 11.4 Å². The molecule has 3 heterocycles. The van der Waals surface area contributed by atoms with E-state index in [1.807, 2.05) is 83.8 Å². The summed E-state index contributed by atoms with van der Waals surface area (Å²) in [4.78, 5) is 13.9. The van der Waals surface area contributed by atoms with E-state index in [1.54, 1.807) is 29.2 Å². The van der Waals surface area contributed by atoms with E-state index in [0.29, 0.717) is 29.1 Å². The van der Waals surface area contributed by atoms with Gasteiger partial charge >= 0.3 is 0 Å². The first kappa shape index (κ1) is 41.3. The van der Waals surface area contributed by atoms with Gasteiger partial charge in [-0.15, -0.1) is 0 Å². The Balaban J connectivity index is 1.09. The summed E-state index contributed by atoms with van der Waals surface area (Å²) in [6, 6.07) is 19.8. The fraction of sp³-hybridized carbons (Fsp3) is 0.154. The van der Waals surface area contributed by atoms with Gasteiger partial charge in [0.15, 0.2) is 25.5 Å². The number of thiazole rings is 1. The fourth-order valence-electron chi connectivity index (χ4n) is 5.90. The molecule has 0 saturated heterocycles. The average molecular weight is 870 g/mol. The lowest BCUT2D eigenvalue weighted by Crippen LogP contribution is -2.39. The minimum absolute atomic E-state index is 0.0615. The van der Waals surface area contributed by atoms with E-state index >= 15 is 0 Å². The maximum Gasteiger partial charge on any atom is 0.262 e. The van der Waals surface area contributed by atoms with Crippen LogP contribution < -0.4 is 19.4 Å². The summed E-state index contributed by atoms with van der Waals surface area (Å²) in [5, 5.41) is 5.61. The van der Waals surface area contributed by atoms with Crippen molar-refractivity contribution in [2.24, 2.45) is 0 Å². The second kappa shape index (κ2) is 18.3. The summed E-state index contributed by atoms with van der Waals surface area (Å²) in [6.07, 6.45) is 19.1. The van der Waals surface area contributed by atoms with Crippen LogP contribution >= 0.6 is 46.3 Å². The first-order valence-electron chi connectivity index (χ1n) is 17.1. The van der Waals surface area contributed by atoms with Crippen LogP contribution in [0.2, 0.25) is 10.0 Å². The van der Waals surface area contributed by atoms with Gasteiger partial charge in [0.2, 0.25) is 11.4 Å². The maximum atomic E-state index is 12.8. The van der Waals surface area contributed by atoms with Crippen LogP contribution in [0.15, 0.2) is 141 Å². The van der Waals surface area contributed by atoms with Crippen molar-refractivity contribution in [1.82, 2.24) is 0 Å². The standard InChI is InChI=1S/C39H34Cl2N4O7S4/c40-28-14-18-34-32(25-28)44(23-9-11-37(46)42-31-17-16-30(55(47,48)49)27-36(31)56(50,51)52)38(53-34)12-5-2-1-3-6-13-39-45(24-10-22-43-20-7-4-8-21-43)33-26-29(41)15-19-35(33)54-39/h1-8,12-21,25-27H,9-11,22-24H2,(H-2,42,46,47,48,49,50,51,52). The number of hydrogen-bond donors (Lipinski definition) is 1. The van der Waals surface area contributed by atoms with E-state index < -0.39 is 41.6 Å². The number of amides is 1. The molecule has 290 valence electrons. The fourth-order valence-corrected chi connectivity index (χ4v) is 9.63. The molecule has 0 saturated carbocycles. The topological polar surface area (TPSA) is 154 Å². The molecular formula is C39H34Cl2N4O7S4. The molecule has 0 bridgehead atoms. The molecule has 0 atom stereocenters. The predicted molar refractivity (Wildman–Crippen MR) is 219 cm³/mol. The Morgan fingerprint density at radius 3 is 2.32 bits per heavy atom. The van der Waals surface area contributed by atoms with Crippen LogP contribution in [0.5, 0.6) is 0 Å². The zero-order valence-corrected chi connectivity index (χ0v) is 34.2. The smallest absolute Gasteiger partial charge is 0.262 e. The highest BCUT2D eigenvalue weighted by Gasteiger charge is 2.25. The van der Waals surface area contributed by atoms with Gasteiger partial charge in [0, 0.05) is 52.2 Å². The summed E-state index contributed by atoms with van der Waals surface area (Å²) in [5.74, 6) is -0.606. The Kier molecular flexibility index (Phi) is 13.5. The number of nitrogens with one attached hydrogen (secondary N) is 1. The van der Waals surface area contributed by atoms with Gasteiger partial charge in [0.1, 0.15) is 24.9 Å². The molecule has 0 unspecified atom stereocenters. The van der Waals surface area contributed by atoms with E-state index in [-0.39, 0.29) is 6.42 Å². The van der Waals surface area contributed by atoms with E-state index in [1.165, 1.54) is 0 Å². The van der Waals surface area contributed by atoms with Crippen LogP contribution in [-0.4, -0.2) is 38.4 Å². The Morgan fingerprint density at radius 1 is 0.821 bits per heavy atom. The van der Waals surface area contributed by atoms with Crippen LogP contribution in [0.1, 0.15) is 24.3 Å². The predicted octanol–water partition coefficient (Wildman–Crippen LogP) is 7.68. The molecule has 17 heteroatoms. The number of aromatic nitrogens is 2. The highest BCUT2D eigenvalue weighted by Crippen LogP contribution is 2.47. The summed E-state index contributed by atoms with van der Waals surface area (Å²) >= 11 is 15.9. The second-order valence-electron chi connectivity index (χ2n) is 12.4. The normalized spacial score (nSPS) is 14.2. The van der Waals surface area contributed by atoms with Crippen LogP contribution in [0.3, 0.4) is 0 Å². The van der Waals surface area contributed by atoms with Crippen molar-refractivity contribution in [3.63, 3.8) is 0 Å². The molecule has 1 aliphatic heterocycles. The molecule has 5 aromatic rings. The number of benzene rings is 3. The Hall–Kier alpha value is -4.32. The zero-order valence-electron chi connectivity index (χ0n) is 29.5. The number of rotatable bonds is 15. The van der Waals surface area contributed by atoms with Crippen LogP contribution in [0, 0.1) is 0 Å². The number of carbonyl (C=O) groups excluding carboxylic acids is 1. The third kappa shape index (κ3) is 10.7. The molecule has 0 aliphatic carbocycles. The van der Waals surface area contributed by atoms with Gasteiger partial charge in [-0.3, -0.25) is 4.79 Å². The van der Waals surface area contributed by atoms with Gasteiger partial charge in [0.25, 0.3) is 5.01 Å². The molecule has 0 spiro atoms. The van der Waals surface area contributed by atoms with Crippen LogP contribution in [0.25, 0.3) is 16.3 Å². The quantitative estimate of drug-likeness (QED) is 0.0634. The molecule has 2 aromatic heterocycles. The monoisotopic (exact) mass is 868 g/mol. The number of anilines is 2. The maximum absolute atomic E-state index is 12.8. The number of fused-ring (bicyclic) bond motifs is 2. The van der Waals surface area contributed by atoms with Crippen molar-refractivity contribution in [1.29, 1.82) is 0 Å². The number of thioether (sulfide) groups is 1. The van der Waals surface area contributed by atoms with Gasteiger partial charge < -0.3 is 19.3 Å².